The Morgan fingerprint density at radius 3 is 2.26 bits per heavy atom. The molecule has 0 bridgehead atoms. The van der Waals surface area contributed by atoms with E-state index >= 15 is 0 Å². The number of carbonyl (C=O) groups excluding carboxylic acids is 2. The molecule has 1 fully saturated rings. The molecule has 0 saturated carbocycles. The van der Waals surface area contributed by atoms with Crippen molar-refractivity contribution in [2.75, 3.05) is 18.4 Å². The second-order valence-corrected chi connectivity index (χ2v) is 11.8. The van der Waals surface area contributed by atoms with Gasteiger partial charge in [-0.25, -0.2) is 8.42 Å². The Balaban J connectivity index is 1.55. The number of aryl methyl sites for hydroxylation is 3. The molecule has 2 aromatic rings. The smallest absolute Gasteiger partial charge is 0.243 e. The van der Waals surface area contributed by atoms with Gasteiger partial charge in [-0.15, -0.1) is 0 Å². The second kappa shape index (κ2) is 11.4. The van der Waals surface area contributed by atoms with Crippen molar-refractivity contribution in [3.8, 4) is 0 Å². The van der Waals surface area contributed by atoms with Gasteiger partial charge in [-0.1, -0.05) is 43.7 Å². The van der Waals surface area contributed by atoms with Crippen molar-refractivity contribution in [3.05, 3.63) is 58.7 Å². The number of nitrogens with one attached hydrogen (secondary N) is 2. The molecule has 1 aliphatic heterocycles. The molecule has 0 spiro atoms. The average molecular weight is 500 g/mol. The van der Waals surface area contributed by atoms with Gasteiger partial charge in [0.05, 0.1) is 4.90 Å². The molecule has 0 aliphatic carbocycles. The number of benzene rings is 2. The Hall–Kier alpha value is -2.71. The van der Waals surface area contributed by atoms with Gasteiger partial charge in [0, 0.05) is 37.7 Å². The zero-order chi connectivity index (χ0) is 25.8. The lowest BCUT2D eigenvalue weighted by Crippen LogP contribution is -2.43. The van der Waals surface area contributed by atoms with Crippen LogP contribution in [-0.4, -0.2) is 37.6 Å². The highest BCUT2D eigenvalue weighted by Gasteiger charge is 2.33. The van der Waals surface area contributed by atoms with Crippen molar-refractivity contribution in [2.45, 2.75) is 65.3 Å². The van der Waals surface area contributed by atoms with Crippen molar-refractivity contribution >= 4 is 27.5 Å². The van der Waals surface area contributed by atoms with Gasteiger partial charge in [-0.2, -0.15) is 4.31 Å². The van der Waals surface area contributed by atoms with Gasteiger partial charge in [0.1, 0.15) is 0 Å². The number of carbonyl (C=O) groups is 2. The quantitative estimate of drug-likeness (QED) is 0.566. The molecule has 0 aromatic heterocycles. The van der Waals surface area contributed by atoms with Crippen LogP contribution in [0.4, 0.5) is 5.69 Å². The minimum absolute atomic E-state index is 0.0288. The Morgan fingerprint density at radius 1 is 1.03 bits per heavy atom. The Kier molecular flexibility index (Phi) is 8.72. The summed E-state index contributed by atoms with van der Waals surface area (Å²) in [4.78, 5) is 25.2. The van der Waals surface area contributed by atoms with Crippen LogP contribution in [0.5, 0.6) is 0 Å². The van der Waals surface area contributed by atoms with Crippen molar-refractivity contribution in [3.63, 3.8) is 0 Å². The molecular weight excluding hydrogens is 462 g/mol. The fourth-order valence-electron chi connectivity index (χ4n) is 4.74. The summed E-state index contributed by atoms with van der Waals surface area (Å²) < 4.78 is 28.1. The third kappa shape index (κ3) is 6.92. The van der Waals surface area contributed by atoms with Crippen LogP contribution in [0.2, 0.25) is 0 Å². The highest BCUT2D eigenvalue weighted by Crippen LogP contribution is 2.29. The molecule has 35 heavy (non-hydrogen) atoms. The second-order valence-electron chi connectivity index (χ2n) is 9.97. The number of piperidine rings is 1. The van der Waals surface area contributed by atoms with Gasteiger partial charge in [-0.3, -0.25) is 9.59 Å². The van der Waals surface area contributed by atoms with E-state index in [1.807, 2.05) is 71.0 Å². The van der Waals surface area contributed by atoms with E-state index in [2.05, 4.69) is 10.6 Å². The monoisotopic (exact) mass is 499 g/mol. The maximum Gasteiger partial charge on any atom is 0.243 e. The molecule has 2 aromatic carbocycles. The maximum atomic E-state index is 13.3. The Morgan fingerprint density at radius 2 is 1.66 bits per heavy atom. The molecule has 8 heteroatoms. The first-order chi connectivity index (χ1) is 16.5. The third-order valence-electron chi connectivity index (χ3n) is 6.30. The fourth-order valence-corrected chi connectivity index (χ4v) is 6.62. The molecular formula is C27H37N3O4S. The number of anilines is 1. The van der Waals surface area contributed by atoms with Crippen LogP contribution < -0.4 is 10.6 Å². The summed E-state index contributed by atoms with van der Waals surface area (Å²) in [5, 5.41) is 5.87. The van der Waals surface area contributed by atoms with Crippen LogP contribution in [0.1, 0.15) is 55.4 Å². The number of amides is 2. The van der Waals surface area contributed by atoms with Crippen LogP contribution in [0.15, 0.2) is 41.3 Å². The van der Waals surface area contributed by atoms with Crippen LogP contribution >= 0.6 is 0 Å². The topological polar surface area (TPSA) is 95.6 Å². The van der Waals surface area contributed by atoms with Gasteiger partial charge in [-0.05, 0) is 68.4 Å². The zero-order valence-corrected chi connectivity index (χ0v) is 22.2. The van der Waals surface area contributed by atoms with Crippen molar-refractivity contribution in [2.24, 2.45) is 11.8 Å². The van der Waals surface area contributed by atoms with E-state index in [-0.39, 0.29) is 23.7 Å². The van der Waals surface area contributed by atoms with Gasteiger partial charge in [0.2, 0.25) is 21.8 Å². The van der Waals surface area contributed by atoms with Gasteiger partial charge in [0.15, 0.2) is 0 Å². The van der Waals surface area contributed by atoms with E-state index in [0.717, 1.165) is 22.3 Å². The standard InChI is InChI=1S/C27H37N3O4S/c1-18(2)13-25(31)29-24-8-6-7-22(16-24)17-28-27(32)23-9-11-30(12-10-23)35(33,34)26-20(4)14-19(3)15-21(26)5/h6-8,14-16,18,23H,9-13,17H2,1-5H3,(H,28,32)(H,29,31). The number of rotatable bonds is 8. The predicted octanol–water partition coefficient (Wildman–Crippen LogP) is 4.31. The highest BCUT2D eigenvalue weighted by atomic mass is 32.2. The number of nitrogens with zero attached hydrogens (tertiary/aromatic N) is 1. The lowest BCUT2D eigenvalue weighted by Gasteiger charge is -2.31. The fraction of sp³-hybridized carbons (Fsp3) is 0.481. The lowest BCUT2D eigenvalue weighted by atomic mass is 9.97. The molecule has 0 radical (unpaired) electrons. The minimum atomic E-state index is -3.60. The zero-order valence-electron chi connectivity index (χ0n) is 21.3. The molecule has 1 heterocycles. The van der Waals surface area contributed by atoms with E-state index in [0.29, 0.717) is 49.5 Å². The van der Waals surface area contributed by atoms with Crippen molar-refractivity contribution < 1.29 is 18.0 Å². The molecule has 0 atom stereocenters. The molecule has 7 nitrogen and oxygen atoms in total. The highest BCUT2D eigenvalue weighted by molar-refractivity contribution is 7.89. The lowest BCUT2D eigenvalue weighted by molar-refractivity contribution is -0.126. The van der Waals surface area contributed by atoms with Crippen LogP contribution in [0.3, 0.4) is 0 Å². The average Bonchev–Trinajstić information content (AvgIpc) is 2.76. The number of hydrogen-bond acceptors (Lipinski definition) is 4. The van der Waals surface area contributed by atoms with E-state index in [1.54, 1.807) is 0 Å². The summed E-state index contributed by atoms with van der Waals surface area (Å²) >= 11 is 0. The van der Waals surface area contributed by atoms with E-state index < -0.39 is 10.0 Å². The Bertz CT molecular complexity index is 1160. The normalized spacial score (nSPS) is 15.3. The van der Waals surface area contributed by atoms with Crippen molar-refractivity contribution in [1.82, 2.24) is 9.62 Å². The van der Waals surface area contributed by atoms with E-state index in [1.165, 1.54) is 4.31 Å². The third-order valence-corrected chi connectivity index (χ3v) is 8.50. The summed E-state index contributed by atoms with van der Waals surface area (Å²) in [5.74, 6) is -0.0442. The molecule has 0 unspecified atom stereocenters. The first kappa shape index (κ1) is 26.9. The molecule has 1 saturated heterocycles. The maximum absolute atomic E-state index is 13.3. The van der Waals surface area contributed by atoms with Crippen molar-refractivity contribution in [1.29, 1.82) is 0 Å². The molecule has 2 N–H and O–H groups in total. The molecule has 2 amide bonds. The first-order valence-electron chi connectivity index (χ1n) is 12.2. The summed E-state index contributed by atoms with van der Waals surface area (Å²) in [6.45, 7) is 10.6. The summed E-state index contributed by atoms with van der Waals surface area (Å²) in [6, 6.07) is 11.2. The Labute approximate surface area is 209 Å². The molecule has 1 aliphatic rings. The summed E-state index contributed by atoms with van der Waals surface area (Å²) in [6.07, 6.45) is 1.43. The van der Waals surface area contributed by atoms with Gasteiger partial charge >= 0.3 is 0 Å². The van der Waals surface area contributed by atoms with Gasteiger partial charge in [0.25, 0.3) is 0 Å². The van der Waals surface area contributed by atoms with E-state index in [4.69, 9.17) is 0 Å². The SMILES string of the molecule is Cc1cc(C)c(S(=O)(=O)N2CCC(C(=O)NCc3cccc(NC(=O)CC(C)C)c3)CC2)c(C)c1. The summed E-state index contributed by atoms with van der Waals surface area (Å²) in [5.41, 5.74) is 4.15. The molecule has 190 valence electrons. The largest absolute Gasteiger partial charge is 0.352 e. The first-order valence-corrected chi connectivity index (χ1v) is 13.7. The molecule has 3 rings (SSSR count). The number of hydrogen-bond donors (Lipinski definition) is 2. The van der Waals surface area contributed by atoms with Gasteiger partial charge < -0.3 is 10.6 Å². The number of sulfonamides is 1. The summed E-state index contributed by atoms with van der Waals surface area (Å²) in [7, 11) is -3.60. The minimum Gasteiger partial charge on any atom is -0.352 e. The van der Waals surface area contributed by atoms with Crippen LogP contribution in [0.25, 0.3) is 0 Å². The van der Waals surface area contributed by atoms with E-state index in [9.17, 15) is 18.0 Å². The predicted molar refractivity (Wildman–Crippen MR) is 139 cm³/mol. The van der Waals surface area contributed by atoms with Crippen LogP contribution in [-0.2, 0) is 26.2 Å². The van der Waals surface area contributed by atoms with Crippen LogP contribution in [0, 0.1) is 32.6 Å².